The number of unbranched alkanes of at least 4 members (excludes halogenated alkanes) is 5. The fourth-order valence-electron chi connectivity index (χ4n) is 6.28. The average Bonchev–Trinajstić information content (AvgIpc) is 3.13. The molecule has 1 heterocycles. The second-order valence-corrected chi connectivity index (χ2v) is 15.4. The third kappa shape index (κ3) is 14.8. The lowest BCUT2D eigenvalue weighted by molar-refractivity contribution is -0.149. The lowest BCUT2D eigenvalue weighted by atomic mass is 9.91. The van der Waals surface area contributed by atoms with Crippen LogP contribution in [-0.2, 0) is 30.2 Å². The van der Waals surface area contributed by atoms with Crippen LogP contribution < -0.4 is 4.74 Å². The van der Waals surface area contributed by atoms with Crippen LogP contribution >= 0.6 is 11.8 Å². The summed E-state index contributed by atoms with van der Waals surface area (Å²) < 4.78 is 33.5. The summed E-state index contributed by atoms with van der Waals surface area (Å²) in [6, 6.07) is 13.0. The van der Waals surface area contributed by atoms with E-state index in [1.807, 2.05) is 17.8 Å². The Kier molecular flexibility index (Phi) is 21.7. The molecule has 0 radical (unpaired) electrons. The van der Waals surface area contributed by atoms with Gasteiger partial charge >= 0.3 is 5.97 Å². The number of ether oxygens (including phenoxy) is 5. The van der Waals surface area contributed by atoms with Crippen molar-refractivity contribution >= 4 is 23.8 Å². The van der Waals surface area contributed by atoms with Gasteiger partial charge in [0.2, 0.25) is 0 Å². The van der Waals surface area contributed by atoms with E-state index in [2.05, 4.69) is 77.9 Å². The molecule has 0 amide bonds. The Bertz CT molecular complexity index is 1300. The highest BCUT2D eigenvalue weighted by atomic mass is 32.2. The molecule has 1 fully saturated rings. The molecule has 0 saturated carbocycles. The summed E-state index contributed by atoms with van der Waals surface area (Å²) in [5.74, 6) is 0.0997. The monoisotopic (exact) mass is 740 g/mol. The number of carbonyl (C=O) groups is 1. The van der Waals surface area contributed by atoms with Crippen LogP contribution in [0.25, 0.3) is 6.08 Å². The van der Waals surface area contributed by atoms with Crippen molar-refractivity contribution in [2.45, 2.75) is 147 Å². The number of carboxylic acids is 1. The molecule has 3 rings (SSSR count). The molecule has 52 heavy (non-hydrogen) atoms. The highest BCUT2D eigenvalue weighted by molar-refractivity contribution is 8.00. The van der Waals surface area contributed by atoms with Crippen LogP contribution in [0.4, 0.5) is 0 Å². The standard InChI is InChI=1S/C44H68O7S/c1-7-12-24-47-32-39-41(49-26-14-9-3)42(50-27-15-10-4)43(51-28-16-11-5)44(52-39)37-31-36(33(6)29-38(37)48-25-13-8-2)30-35-22-20-34(21-23-35)18-17-19-40(45)46/h17-18,20-23,29,31,39,41-44H,7-16,19,24-28,30,32H2,1-6H3,(H,45,46)/b18-17+/t39-,41-,42+,43-,44+/m1/s1. The Morgan fingerprint density at radius 3 is 1.94 bits per heavy atom. The lowest BCUT2D eigenvalue weighted by Gasteiger charge is -2.46. The highest BCUT2D eigenvalue weighted by Crippen LogP contribution is 2.50. The van der Waals surface area contributed by atoms with E-state index in [0.29, 0.717) is 33.0 Å². The molecule has 0 aliphatic carbocycles. The summed E-state index contributed by atoms with van der Waals surface area (Å²) in [7, 11) is 0. The molecule has 0 spiro atoms. The molecule has 2 aromatic rings. The second kappa shape index (κ2) is 25.6. The van der Waals surface area contributed by atoms with Gasteiger partial charge in [-0.05, 0) is 73.8 Å². The first kappa shape index (κ1) is 44.0. The number of carboxylic acid groups (broad SMARTS) is 1. The van der Waals surface area contributed by atoms with Crippen LogP contribution in [0.15, 0.2) is 42.5 Å². The first-order valence-electron chi connectivity index (χ1n) is 20.2. The normalized spacial score (nSPS) is 20.5. The minimum atomic E-state index is -0.830. The van der Waals surface area contributed by atoms with Gasteiger partial charge in [-0.15, -0.1) is 11.8 Å². The fraction of sp³-hybridized carbons (Fsp3) is 0.659. The van der Waals surface area contributed by atoms with Gasteiger partial charge in [0.15, 0.2) is 0 Å². The summed E-state index contributed by atoms with van der Waals surface area (Å²) in [6.07, 6.45) is 14.1. The fourth-order valence-corrected chi connectivity index (χ4v) is 7.94. The first-order chi connectivity index (χ1) is 25.4. The van der Waals surface area contributed by atoms with Gasteiger partial charge in [0.1, 0.15) is 24.1 Å². The van der Waals surface area contributed by atoms with Crippen molar-refractivity contribution in [3.63, 3.8) is 0 Å². The van der Waals surface area contributed by atoms with Gasteiger partial charge in [0, 0.05) is 32.0 Å². The van der Waals surface area contributed by atoms with E-state index in [-0.39, 0.29) is 35.2 Å². The van der Waals surface area contributed by atoms with Crippen LogP contribution in [0.2, 0.25) is 0 Å². The Morgan fingerprint density at radius 2 is 1.33 bits per heavy atom. The molecule has 5 atom stereocenters. The molecule has 292 valence electrons. The average molecular weight is 741 g/mol. The van der Waals surface area contributed by atoms with E-state index in [1.54, 1.807) is 6.08 Å². The number of benzene rings is 2. The Morgan fingerprint density at radius 1 is 0.750 bits per heavy atom. The molecule has 1 aliphatic heterocycles. The minimum absolute atomic E-state index is 0.0144. The van der Waals surface area contributed by atoms with Crippen molar-refractivity contribution in [1.82, 2.24) is 0 Å². The van der Waals surface area contributed by atoms with E-state index in [9.17, 15) is 4.79 Å². The molecular weight excluding hydrogens is 673 g/mol. The van der Waals surface area contributed by atoms with E-state index >= 15 is 0 Å². The first-order valence-corrected chi connectivity index (χ1v) is 21.1. The number of aryl methyl sites for hydroxylation is 1. The van der Waals surface area contributed by atoms with E-state index < -0.39 is 5.97 Å². The third-order valence-corrected chi connectivity index (χ3v) is 11.1. The van der Waals surface area contributed by atoms with Crippen molar-refractivity contribution in [2.75, 3.05) is 39.6 Å². The summed E-state index contributed by atoms with van der Waals surface area (Å²) in [4.78, 5) is 11.0. The summed E-state index contributed by atoms with van der Waals surface area (Å²) >= 11 is 1.92. The van der Waals surface area contributed by atoms with Gasteiger partial charge < -0.3 is 28.8 Å². The summed E-state index contributed by atoms with van der Waals surface area (Å²) in [5.41, 5.74) is 5.79. The zero-order valence-corrected chi connectivity index (χ0v) is 33.9. The molecular formula is C44H68O7S. The van der Waals surface area contributed by atoms with E-state index in [4.69, 9.17) is 28.8 Å². The largest absolute Gasteiger partial charge is 0.493 e. The van der Waals surface area contributed by atoms with Crippen LogP contribution in [0.1, 0.15) is 138 Å². The van der Waals surface area contributed by atoms with E-state index in [0.717, 1.165) is 94.1 Å². The van der Waals surface area contributed by atoms with Gasteiger partial charge in [-0.3, -0.25) is 4.79 Å². The lowest BCUT2D eigenvalue weighted by Crippen LogP contribution is -2.55. The predicted molar refractivity (Wildman–Crippen MR) is 216 cm³/mol. The van der Waals surface area contributed by atoms with Crippen LogP contribution in [0.3, 0.4) is 0 Å². The maximum absolute atomic E-state index is 11.0. The van der Waals surface area contributed by atoms with Crippen molar-refractivity contribution in [3.05, 3.63) is 70.3 Å². The topological polar surface area (TPSA) is 83.5 Å². The molecule has 0 bridgehead atoms. The van der Waals surface area contributed by atoms with Gasteiger partial charge in [-0.1, -0.05) is 109 Å². The molecule has 7 nitrogen and oxygen atoms in total. The highest BCUT2D eigenvalue weighted by Gasteiger charge is 2.49. The Balaban J connectivity index is 2.09. The van der Waals surface area contributed by atoms with Gasteiger partial charge in [-0.25, -0.2) is 0 Å². The SMILES string of the molecule is CCCCOC[C@H]1S[C@@H](c2cc(Cc3ccc(/C=C/CC(=O)O)cc3)c(C)cc2OCCCC)[C@H](OCCCC)[C@@H](OCCCC)[C@@H]1OCCCC. The van der Waals surface area contributed by atoms with Gasteiger partial charge in [0.05, 0.1) is 30.1 Å². The molecule has 1 N–H and O–H groups in total. The van der Waals surface area contributed by atoms with Crippen molar-refractivity contribution < 1.29 is 33.6 Å². The smallest absolute Gasteiger partial charge is 0.307 e. The van der Waals surface area contributed by atoms with Crippen LogP contribution in [-0.4, -0.2) is 74.3 Å². The Labute approximate surface area is 319 Å². The zero-order chi connectivity index (χ0) is 37.6. The molecule has 0 unspecified atom stereocenters. The van der Waals surface area contributed by atoms with Crippen LogP contribution in [0, 0.1) is 6.92 Å². The molecule has 8 heteroatoms. The van der Waals surface area contributed by atoms with Crippen molar-refractivity contribution in [1.29, 1.82) is 0 Å². The van der Waals surface area contributed by atoms with Crippen LogP contribution in [0.5, 0.6) is 5.75 Å². The quantitative estimate of drug-likeness (QED) is 0.0907. The molecule has 2 aromatic carbocycles. The third-order valence-electron chi connectivity index (χ3n) is 9.49. The molecule has 1 saturated heterocycles. The molecule has 0 aromatic heterocycles. The second-order valence-electron chi connectivity index (χ2n) is 14.0. The predicted octanol–water partition coefficient (Wildman–Crippen LogP) is 10.8. The number of hydrogen-bond donors (Lipinski definition) is 1. The summed E-state index contributed by atoms with van der Waals surface area (Å²) in [6.45, 7) is 17.2. The maximum Gasteiger partial charge on any atom is 0.307 e. The molecule has 1 aliphatic rings. The zero-order valence-electron chi connectivity index (χ0n) is 33.0. The Hall–Kier alpha value is -2.36. The van der Waals surface area contributed by atoms with Gasteiger partial charge in [-0.2, -0.15) is 0 Å². The number of aliphatic carboxylic acids is 1. The number of hydrogen-bond acceptors (Lipinski definition) is 7. The van der Waals surface area contributed by atoms with E-state index in [1.165, 1.54) is 16.7 Å². The van der Waals surface area contributed by atoms with Crippen molar-refractivity contribution in [2.24, 2.45) is 0 Å². The summed E-state index contributed by atoms with van der Waals surface area (Å²) in [5, 5.41) is 9.04. The number of thioether (sulfide) groups is 1. The number of rotatable bonds is 27. The van der Waals surface area contributed by atoms with Gasteiger partial charge in [0.25, 0.3) is 0 Å². The maximum atomic E-state index is 11.0. The van der Waals surface area contributed by atoms with Crippen molar-refractivity contribution in [3.8, 4) is 5.75 Å². The minimum Gasteiger partial charge on any atom is -0.493 e.